The van der Waals surface area contributed by atoms with E-state index < -0.39 is 0 Å². The Morgan fingerprint density at radius 2 is 2.25 bits per heavy atom. The van der Waals surface area contributed by atoms with Crippen LogP contribution >= 0.6 is 0 Å². The molecule has 0 spiro atoms. The molecule has 2 fully saturated rings. The van der Waals surface area contributed by atoms with Crippen LogP contribution in [0.4, 0.5) is 11.5 Å². The van der Waals surface area contributed by atoms with Crippen molar-refractivity contribution in [2.45, 2.75) is 44.8 Å². The van der Waals surface area contributed by atoms with Gasteiger partial charge in [-0.05, 0) is 25.3 Å². The highest BCUT2D eigenvalue weighted by Gasteiger charge is 2.37. The number of pyridine rings is 1. The summed E-state index contributed by atoms with van der Waals surface area (Å²) in [6.45, 7) is 3.12. The molecule has 0 amide bonds. The Balaban J connectivity index is 1.96. The van der Waals surface area contributed by atoms with Gasteiger partial charge in [0, 0.05) is 18.8 Å². The molecule has 1 aromatic heterocycles. The molecule has 1 saturated carbocycles. The number of morpholine rings is 1. The number of ether oxygens (including phenoxy) is 1. The first-order valence-electron chi connectivity index (χ1n) is 7.16. The molecule has 2 heterocycles. The maximum absolute atomic E-state index is 11.3. The van der Waals surface area contributed by atoms with Crippen molar-refractivity contribution in [2.75, 3.05) is 18.1 Å². The van der Waals surface area contributed by atoms with Crippen LogP contribution in [-0.4, -0.2) is 35.2 Å². The van der Waals surface area contributed by atoms with E-state index in [-0.39, 0.29) is 22.8 Å². The zero-order valence-corrected chi connectivity index (χ0v) is 11.6. The van der Waals surface area contributed by atoms with Crippen molar-refractivity contribution in [3.63, 3.8) is 0 Å². The molecule has 6 heteroatoms. The molecule has 0 aromatic carbocycles. The van der Waals surface area contributed by atoms with Crippen LogP contribution in [0.15, 0.2) is 12.3 Å². The Labute approximate surface area is 117 Å². The second-order valence-electron chi connectivity index (χ2n) is 5.57. The SMILES string of the molecule is Cc1cnc(N2CCO[C@@H]3CCCC[C@@H]32)c([N+](=O)[O-])c1. The fourth-order valence-electron chi connectivity index (χ4n) is 3.26. The van der Waals surface area contributed by atoms with Crippen LogP contribution in [0, 0.1) is 17.0 Å². The normalized spacial score (nSPS) is 26.1. The number of anilines is 1. The summed E-state index contributed by atoms with van der Waals surface area (Å²) in [6.07, 6.45) is 6.30. The van der Waals surface area contributed by atoms with Gasteiger partial charge in [0.2, 0.25) is 5.82 Å². The van der Waals surface area contributed by atoms with E-state index in [1.165, 1.54) is 6.42 Å². The van der Waals surface area contributed by atoms with Crippen LogP contribution in [0.3, 0.4) is 0 Å². The van der Waals surface area contributed by atoms with Gasteiger partial charge in [-0.2, -0.15) is 0 Å². The lowest BCUT2D eigenvalue weighted by molar-refractivity contribution is -0.384. The molecule has 1 saturated heterocycles. The number of nitro groups is 1. The van der Waals surface area contributed by atoms with Crippen LogP contribution in [0.2, 0.25) is 0 Å². The van der Waals surface area contributed by atoms with Gasteiger partial charge in [-0.15, -0.1) is 0 Å². The topological polar surface area (TPSA) is 68.5 Å². The maximum Gasteiger partial charge on any atom is 0.311 e. The Bertz CT molecular complexity index is 518. The fourth-order valence-corrected chi connectivity index (χ4v) is 3.26. The highest BCUT2D eigenvalue weighted by Crippen LogP contribution is 2.35. The lowest BCUT2D eigenvalue weighted by Gasteiger charge is -2.44. The van der Waals surface area contributed by atoms with Crippen molar-refractivity contribution in [3.05, 3.63) is 27.9 Å². The minimum atomic E-state index is -0.331. The molecular weight excluding hydrogens is 258 g/mol. The minimum absolute atomic E-state index is 0.108. The van der Waals surface area contributed by atoms with Crippen molar-refractivity contribution >= 4 is 11.5 Å². The number of nitrogens with zero attached hydrogens (tertiary/aromatic N) is 3. The molecule has 108 valence electrons. The molecular formula is C14H19N3O3. The van der Waals surface area contributed by atoms with Gasteiger partial charge in [0.05, 0.1) is 23.7 Å². The summed E-state index contributed by atoms with van der Waals surface area (Å²) >= 11 is 0. The lowest BCUT2D eigenvalue weighted by atomic mass is 9.90. The molecule has 3 rings (SSSR count). The van der Waals surface area contributed by atoms with E-state index in [1.807, 2.05) is 6.92 Å². The third kappa shape index (κ3) is 2.35. The largest absolute Gasteiger partial charge is 0.374 e. The van der Waals surface area contributed by atoms with Gasteiger partial charge in [0.25, 0.3) is 0 Å². The minimum Gasteiger partial charge on any atom is -0.374 e. The average Bonchev–Trinajstić information content (AvgIpc) is 2.46. The highest BCUT2D eigenvalue weighted by molar-refractivity contribution is 5.59. The number of aromatic nitrogens is 1. The van der Waals surface area contributed by atoms with Gasteiger partial charge < -0.3 is 9.64 Å². The van der Waals surface area contributed by atoms with E-state index in [2.05, 4.69) is 9.88 Å². The van der Waals surface area contributed by atoms with Crippen molar-refractivity contribution in [1.82, 2.24) is 4.98 Å². The molecule has 1 aliphatic carbocycles. The summed E-state index contributed by atoms with van der Waals surface area (Å²) in [6, 6.07) is 1.83. The van der Waals surface area contributed by atoms with Crippen molar-refractivity contribution in [3.8, 4) is 0 Å². The van der Waals surface area contributed by atoms with E-state index in [4.69, 9.17) is 4.74 Å². The first-order valence-corrected chi connectivity index (χ1v) is 7.16. The second kappa shape index (κ2) is 5.36. The summed E-state index contributed by atoms with van der Waals surface area (Å²) in [5.74, 6) is 0.501. The quantitative estimate of drug-likeness (QED) is 0.613. The standard InChI is InChI=1S/C14H19N3O3/c1-10-8-12(17(18)19)14(15-9-10)16-6-7-20-13-5-3-2-4-11(13)16/h8-9,11,13H,2-7H2,1H3/t11-,13+/m0/s1. The number of hydrogen-bond donors (Lipinski definition) is 0. The van der Waals surface area contributed by atoms with E-state index in [1.54, 1.807) is 12.3 Å². The van der Waals surface area contributed by atoms with Gasteiger partial charge >= 0.3 is 5.69 Å². The summed E-state index contributed by atoms with van der Waals surface area (Å²) < 4.78 is 5.82. The molecule has 2 aliphatic rings. The molecule has 2 atom stereocenters. The first-order chi connectivity index (χ1) is 9.66. The Morgan fingerprint density at radius 1 is 1.45 bits per heavy atom. The van der Waals surface area contributed by atoms with Crippen LogP contribution < -0.4 is 4.90 Å². The van der Waals surface area contributed by atoms with Crippen molar-refractivity contribution in [1.29, 1.82) is 0 Å². The monoisotopic (exact) mass is 277 g/mol. The summed E-state index contributed by atoms with van der Waals surface area (Å²) in [5.41, 5.74) is 0.921. The molecule has 0 unspecified atom stereocenters. The van der Waals surface area contributed by atoms with Crippen LogP contribution in [0.25, 0.3) is 0 Å². The van der Waals surface area contributed by atoms with Crippen molar-refractivity contribution in [2.24, 2.45) is 0 Å². The highest BCUT2D eigenvalue weighted by atomic mass is 16.6. The van der Waals surface area contributed by atoms with Crippen LogP contribution in [-0.2, 0) is 4.74 Å². The zero-order valence-electron chi connectivity index (χ0n) is 11.6. The lowest BCUT2D eigenvalue weighted by Crippen LogP contribution is -2.53. The molecule has 1 aliphatic heterocycles. The van der Waals surface area contributed by atoms with E-state index in [0.717, 1.165) is 24.8 Å². The Hall–Kier alpha value is -1.69. The third-order valence-corrected chi connectivity index (χ3v) is 4.18. The summed E-state index contributed by atoms with van der Waals surface area (Å²) in [7, 11) is 0. The van der Waals surface area contributed by atoms with Gasteiger partial charge in [0.15, 0.2) is 0 Å². The predicted octanol–water partition coefficient (Wildman–Crippen LogP) is 2.45. The molecule has 1 aromatic rings. The molecule has 6 nitrogen and oxygen atoms in total. The summed E-state index contributed by atoms with van der Waals surface area (Å²) in [5, 5.41) is 11.3. The second-order valence-corrected chi connectivity index (χ2v) is 5.57. The number of fused-ring (bicyclic) bond motifs is 1. The average molecular weight is 277 g/mol. The molecule has 20 heavy (non-hydrogen) atoms. The van der Waals surface area contributed by atoms with Crippen LogP contribution in [0.1, 0.15) is 31.2 Å². The summed E-state index contributed by atoms with van der Waals surface area (Å²) in [4.78, 5) is 17.4. The Kier molecular flexibility index (Phi) is 3.56. The van der Waals surface area contributed by atoms with Gasteiger partial charge in [-0.3, -0.25) is 10.1 Å². The van der Waals surface area contributed by atoms with E-state index in [9.17, 15) is 10.1 Å². The smallest absolute Gasteiger partial charge is 0.311 e. The van der Waals surface area contributed by atoms with Gasteiger partial charge in [-0.1, -0.05) is 12.8 Å². The number of aryl methyl sites for hydroxylation is 1. The zero-order chi connectivity index (χ0) is 14.1. The molecule has 0 bridgehead atoms. The van der Waals surface area contributed by atoms with Crippen molar-refractivity contribution < 1.29 is 9.66 Å². The third-order valence-electron chi connectivity index (χ3n) is 4.18. The maximum atomic E-state index is 11.3. The molecule has 0 N–H and O–H groups in total. The number of hydrogen-bond acceptors (Lipinski definition) is 5. The fraction of sp³-hybridized carbons (Fsp3) is 0.643. The van der Waals surface area contributed by atoms with Gasteiger partial charge in [-0.25, -0.2) is 4.98 Å². The van der Waals surface area contributed by atoms with E-state index >= 15 is 0 Å². The number of rotatable bonds is 2. The Morgan fingerprint density at radius 3 is 3.05 bits per heavy atom. The van der Waals surface area contributed by atoms with E-state index in [0.29, 0.717) is 19.0 Å². The predicted molar refractivity (Wildman–Crippen MR) is 75.0 cm³/mol. The first kappa shape index (κ1) is 13.3. The molecule has 0 radical (unpaired) electrons. The van der Waals surface area contributed by atoms with Crippen LogP contribution in [0.5, 0.6) is 0 Å². The van der Waals surface area contributed by atoms with Gasteiger partial charge in [0.1, 0.15) is 0 Å².